The van der Waals surface area contributed by atoms with Gasteiger partial charge in [-0.25, -0.2) is 4.98 Å². The maximum absolute atomic E-state index is 9.83. The Bertz CT molecular complexity index is 1130. The van der Waals surface area contributed by atoms with Crippen molar-refractivity contribution in [1.82, 2.24) is 4.98 Å². The largest absolute Gasteiger partial charge is 0.490 e. The minimum Gasteiger partial charge on any atom is -0.490 e. The van der Waals surface area contributed by atoms with Gasteiger partial charge in [0.25, 0.3) is 0 Å². The van der Waals surface area contributed by atoms with Crippen LogP contribution in [0.1, 0.15) is 37.0 Å². The molecule has 0 fully saturated rings. The molecule has 0 spiro atoms. The summed E-state index contributed by atoms with van der Waals surface area (Å²) in [5.74, 6) is 0.249. The number of nitrogens with two attached hydrogens (primary N) is 1. The van der Waals surface area contributed by atoms with Gasteiger partial charge in [0, 0.05) is 11.8 Å². The van der Waals surface area contributed by atoms with E-state index in [1.54, 1.807) is 11.3 Å². The van der Waals surface area contributed by atoms with E-state index in [1.165, 1.54) is 41.5 Å². The Balaban J connectivity index is 0.000000427. The Morgan fingerprint density at radius 3 is 2.75 bits per heavy atom. The zero-order valence-electron chi connectivity index (χ0n) is 18.6. The molecule has 1 heterocycles. The Kier molecular flexibility index (Phi) is 7.98. The molecule has 7 heteroatoms. The first-order valence-corrected chi connectivity index (χ1v) is 11.3. The molecule has 32 heavy (non-hydrogen) atoms. The van der Waals surface area contributed by atoms with E-state index in [2.05, 4.69) is 34.0 Å². The zero-order valence-corrected chi connectivity index (χ0v) is 19.4. The molecule has 3 aromatic rings. The van der Waals surface area contributed by atoms with E-state index in [4.69, 9.17) is 10.5 Å². The van der Waals surface area contributed by atoms with Crippen molar-refractivity contribution in [2.75, 3.05) is 13.7 Å². The molecule has 1 aliphatic carbocycles. The van der Waals surface area contributed by atoms with Crippen LogP contribution in [0.3, 0.4) is 0 Å². The van der Waals surface area contributed by atoms with Crippen molar-refractivity contribution in [3.05, 3.63) is 59.3 Å². The number of nitriles is 1. The standard InChI is InChI=1S/C22H20N2OS.C3H7NO2/c1-14(2)25-20-10-9-16(11-17(20)12-23)22-24-13-21(26-22)19-8-4-6-15-5-3-7-18(15)19;1-6-3(5)2-4/h4,6,8-11,13-14H,3,5,7H2,1-2H3;2,4H2,1H3. The van der Waals surface area contributed by atoms with E-state index >= 15 is 0 Å². The molecule has 0 saturated carbocycles. The maximum atomic E-state index is 9.83. The maximum Gasteiger partial charge on any atom is 0.319 e. The van der Waals surface area contributed by atoms with Crippen LogP contribution in [-0.2, 0) is 22.4 Å². The van der Waals surface area contributed by atoms with Gasteiger partial charge in [-0.05, 0) is 68.0 Å². The number of rotatable bonds is 5. The number of methoxy groups -OCH3 is 1. The van der Waals surface area contributed by atoms with Crippen LogP contribution in [0.5, 0.6) is 5.75 Å². The van der Waals surface area contributed by atoms with E-state index in [0.717, 1.165) is 17.0 Å². The number of hydrogen-bond acceptors (Lipinski definition) is 7. The number of fused-ring (bicyclic) bond motifs is 1. The molecule has 0 amide bonds. The summed E-state index contributed by atoms with van der Waals surface area (Å²) in [6.45, 7) is 3.89. The van der Waals surface area contributed by atoms with Gasteiger partial charge < -0.3 is 15.2 Å². The summed E-state index contributed by atoms with van der Waals surface area (Å²) in [7, 11) is 1.30. The van der Waals surface area contributed by atoms with Crippen molar-refractivity contribution in [1.29, 1.82) is 5.26 Å². The molecular weight excluding hydrogens is 422 g/mol. The number of hydrogen-bond donors (Lipinski definition) is 1. The highest BCUT2D eigenvalue weighted by molar-refractivity contribution is 7.18. The smallest absolute Gasteiger partial charge is 0.319 e. The summed E-state index contributed by atoms with van der Waals surface area (Å²) in [5.41, 5.74) is 10.6. The third kappa shape index (κ3) is 5.52. The molecule has 6 nitrogen and oxygen atoms in total. The molecule has 0 aliphatic heterocycles. The lowest BCUT2D eigenvalue weighted by Crippen LogP contribution is -2.14. The summed E-state index contributed by atoms with van der Waals surface area (Å²) in [5, 5.41) is 10.4. The van der Waals surface area contributed by atoms with Gasteiger partial charge in [-0.3, -0.25) is 4.79 Å². The van der Waals surface area contributed by atoms with Crippen molar-refractivity contribution in [3.8, 4) is 32.8 Å². The number of benzene rings is 2. The van der Waals surface area contributed by atoms with Crippen LogP contribution in [0.25, 0.3) is 21.0 Å². The van der Waals surface area contributed by atoms with E-state index in [9.17, 15) is 10.1 Å². The Labute approximate surface area is 192 Å². The molecule has 2 aromatic carbocycles. The van der Waals surface area contributed by atoms with Gasteiger partial charge in [0.15, 0.2) is 0 Å². The van der Waals surface area contributed by atoms with Crippen LogP contribution in [0.2, 0.25) is 0 Å². The summed E-state index contributed by atoms with van der Waals surface area (Å²) in [6.07, 6.45) is 5.56. The monoisotopic (exact) mass is 449 g/mol. The van der Waals surface area contributed by atoms with Gasteiger partial charge in [-0.15, -0.1) is 11.3 Å². The van der Waals surface area contributed by atoms with Crippen LogP contribution < -0.4 is 10.5 Å². The van der Waals surface area contributed by atoms with Gasteiger partial charge >= 0.3 is 5.97 Å². The third-order valence-corrected chi connectivity index (χ3v) is 6.10. The molecule has 0 saturated heterocycles. The molecule has 1 aliphatic rings. The normalized spacial score (nSPS) is 11.9. The van der Waals surface area contributed by atoms with Gasteiger partial charge in [-0.1, -0.05) is 18.2 Å². The predicted octanol–water partition coefficient (Wildman–Crippen LogP) is 4.74. The fraction of sp³-hybridized carbons (Fsp3) is 0.320. The van der Waals surface area contributed by atoms with Crippen LogP contribution >= 0.6 is 11.3 Å². The average molecular weight is 450 g/mol. The lowest BCUT2D eigenvalue weighted by molar-refractivity contribution is -0.138. The summed E-state index contributed by atoms with van der Waals surface area (Å²) in [6, 6.07) is 14.5. The van der Waals surface area contributed by atoms with E-state index in [-0.39, 0.29) is 18.6 Å². The Hall–Kier alpha value is -3.21. The highest BCUT2D eigenvalue weighted by Gasteiger charge is 2.17. The second-order valence-corrected chi connectivity index (χ2v) is 8.63. The van der Waals surface area contributed by atoms with Crippen molar-refractivity contribution in [2.45, 2.75) is 39.2 Å². The Morgan fingerprint density at radius 1 is 1.28 bits per heavy atom. The lowest BCUT2D eigenvalue weighted by atomic mass is 10.0. The number of nitrogens with zero attached hydrogens (tertiary/aromatic N) is 2. The number of esters is 1. The van der Waals surface area contributed by atoms with Crippen LogP contribution in [0.15, 0.2) is 42.6 Å². The van der Waals surface area contributed by atoms with Crippen molar-refractivity contribution in [2.24, 2.45) is 5.73 Å². The molecular formula is C25H27N3O3S. The summed E-state index contributed by atoms with van der Waals surface area (Å²) >= 11 is 1.68. The number of thiazole rings is 1. The summed E-state index contributed by atoms with van der Waals surface area (Å²) in [4.78, 5) is 15.7. The minimum atomic E-state index is -0.380. The molecule has 0 bridgehead atoms. The third-order valence-electron chi connectivity index (χ3n) is 5.02. The van der Waals surface area contributed by atoms with Crippen molar-refractivity contribution >= 4 is 17.3 Å². The Morgan fingerprint density at radius 2 is 2.09 bits per heavy atom. The summed E-state index contributed by atoms with van der Waals surface area (Å²) < 4.78 is 9.85. The van der Waals surface area contributed by atoms with Crippen LogP contribution in [-0.4, -0.2) is 30.7 Å². The molecule has 2 N–H and O–H groups in total. The zero-order chi connectivity index (χ0) is 23.1. The lowest BCUT2D eigenvalue weighted by Gasteiger charge is -2.11. The molecule has 0 unspecified atom stereocenters. The van der Waals surface area contributed by atoms with E-state index in [1.807, 2.05) is 38.2 Å². The highest BCUT2D eigenvalue weighted by atomic mass is 32.1. The van der Waals surface area contributed by atoms with Gasteiger partial charge in [0.2, 0.25) is 0 Å². The number of carbonyl (C=O) groups excluding carboxylic acids is 1. The number of ether oxygens (including phenoxy) is 2. The second-order valence-electron chi connectivity index (χ2n) is 7.60. The van der Waals surface area contributed by atoms with Gasteiger partial charge in [0.05, 0.1) is 30.2 Å². The molecule has 4 rings (SSSR count). The second kappa shape index (κ2) is 10.9. The topological polar surface area (TPSA) is 98.2 Å². The molecule has 0 atom stereocenters. The van der Waals surface area contributed by atoms with E-state index in [0.29, 0.717) is 11.3 Å². The van der Waals surface area contributed by atoms with Gasteiger partial charge in [0.1, 0.15) is 16.8 Å². The molecule has 0 radical (unpaired) electrons. The quantitative estimate of drug-likeness (QED) is 0.565. The first-order chi connectivity index (χ1) is 15.5. The van der Waals surface area contributed by atoms with E-state index < -0.39 is 0 Å². The number of carbonyl (C=O) groups is 1. The van der Waals surface area contributed by atoms with Gasteiger partial charge in [-0.2, -0.15) is 5.26 Å². The SMILES string of the molecule is CC(C)Oc1ccc(-c2ncc(-c3cccc4c3CCC4)s2)cc1C#N.COC(=O)CN. The number of aromatic nitrogens is 1. The fourth-order valence-electron chi connectivity index (χ4n) is 3.57. The highest BCUT2D eigenvalue weighted by Crippen LogP contribution is 2.38. The molecule has 166 valence electrons. The van der Waals surface area contributed by atoms with Crippen molar-refractivity contribution in [3.63, 3.8) is 0 Å². The van der Waals surface area contributed by atoms with Crippen LogP contribution in [0.4, 0.5) is 0 Å². The molecule has 1 aromatic heterocycles. The van der Waals surface area contributed by atoms with Crippen molar-refractivity contribution < 1.29 is 14.3 Å². The predicted molar refractivity (Wildman–Crippen MR) is 127 cm³/mol. The minimum absolute atomic E-state index is 0.0312. The first-order valence-electron chi connectivity index (χ1n) is 10.5. The first kappa shape index (κ1) is 23.5. The average Bonchev–Trinajstić information content (AvgIpc) is 3.48. The number of aryl methyl sites for hydroxylation is 1. The van der Waals surface area contributed by atoms with Crippen LogP contribution in [0, 0.1) is 11.3 Å². The fourth-order valence-corrected chi connectivity index (χ4v) is 4.54.